The number of hydrogen-bond acceptors (Lipinski definition) is 2. The summed E-state index contributed by atoms with van der Waals surface area (Å²) >= 11 is 3.07. The van der Waals surface area contributed by atoms with Gasteiger partial charge in [-0.2, -0.15) is 0 Å². The first-order valence-corrected chi connectivity index (χ1v) is 5.15. The van der Waals surface area contributed by atoms with Gasteiger partial charge in [-0.1, -0.05) is 0 Å². The third-order valence-electron chi connectivity index (χ3n) is 1.92. The molecule has 1 atom stereocenters. The van der Waals surface area contributed by atoms with E-state index in [0.29, 0.717) is 4.47 Å². The Morgan fingerprint density at radius 3 is 2.60 bits per heavy atom. The predicted molar refractivity (Wildman–Crippen MR) is 56.0 cm³/mol. The number of hydrogen-bond donors (Lipinski definition) is 1. The Hall–Kier alpha value is -0.680. The fraction of sp³-hybridized carbons (Fsp3) is 0.400. The second kappa shape index (κ2) is 4.90. The summed E-state index contributed by atoms with van der Waals surface area (Å²) in [6, 6.07) is 1.000. The van der Waals surface area contributed by atoms with Gasteiger partial charge in [0.2, 0.25) is 0 Å². The fourth-order valence-electron chi connectivity index (χ4n) is 1.33. The molecule has 15 heavy (non-hydrogen) atoms. The van der Waals surface area contributed by atoms with Crippen molar-refractivity contribution in [3.63, 3.8) is 0 Å². The van der Waals surface area contributed by atoms with Crippen molar-refractivity contribution in [1.29, 1.82) is 0 Å². The second-order valence-electron chi connectivity index (χ2n) is 3.22. The molecule has 0 fully saturated rings. The number of aliphatic hydroxyl groups excluding tert-OH is 1. The number of methoxy groups -OCH3 is 1. The summed E-state index contributed by atoms with van der Waals surface area (Å²) in [5.74, 6) is -1.72. The van der Waals surface area contributed by atoms with Crippen LogP contribution in [0.15, 0.2) is 10.5 Å². The molecule has 84 valence electrons. The molecule has 1 unspecified atom stereocenters. The molecule has 0 aliphatic carbocycles. The van der Waals surface area contributed by atoms with Gasteiger partial charge in [-0.25, -0.2) is 8.78 Å². The molecule has 0 aromatic heterocycles. The van der Waals surface area contributed by atoms with Gasteiger partial charge in [-0.3, -0.25) is 0 Å². The molecular formula is C10H11BrF2O2. The van der Waals surface area contributed by atoms with Crippen LogP contribution in [-0.4, -0.2) is 18.3 Å². The topological polar surface area (TPSA) is 29.5 Å². The van der Waals surface area contributed by atoms with Crippen LogP contribution in [0.2, 0.25) is 0 Å². The van der Waals surface area contributed by atoms with Crippen molar-refractivity contribution in [3.8, 4) is 5.75 Å². The maximum absolute atomic E-state index is 13.4. The van der Waals surface area contributed by atoms with Crippen molar-refractivity contribution in [3.05, 3.63) is 27.7 Å². The van der Waals surface area contributed by atoms with Crippen LogP contribution < -0.4 is 4.74 Å². The summed E-state index contributed by atoms with van der Waals surface area (Å²) in [6.45, 7) is 1.50. The summed E-state index contributed by atoms with van der Waals surface area (Å²) in [6.07, 6.45) is -0.757. The molecule has 0 spiro atoms. The number of ether oxygens (including phenoxy) is 1. The van der Waals surface area contributed by atoms with E-state index in [0.717, 1.165) is 6.07 Å². The van der Waals surface area contributed by atoms with Gasteiger partial charge in [-0.15, -0.1) is 0 Å². The standard InChI is InChI=1S/C10H11BrF2O2/c1-5(14)3-6-9(13)8(12)4-7(11)10(6)15-2/h4-5,14H,3H2,1-2H3. The third kappa shape index (κ3) is 2.66. The van der Waals surface area contributed by atoms with Gasteiger partial charge in [-0.05, 0) is 28.9 Å². The summed E-state index contributed by atoms with van der Waals surface area (Å²) in [5, 5.41) is 9.17. The van der Waals surface area contributed by atoms with Crippen LogP contribution in [0.1, 0.15) is 12.5 Å². The SMILES string of the molecule is COc1c(Br)cc(F)c(F)c1CC(C)O. The largest absolute Gasteiger partial charge is 0.495 e. The summed E-state index contributed by atoms with van der Waals surface area (Å²) in [5.41, 5.74) is 0.0411. The molecule has 0 aliphatic heterocycles. The van der Waals surface area contributed by atoms with Crippen LogP contribution >= 0.6 is 15.9 Å². The number of benzene rings is 1. The molecule has 1 aromatic rings. The Labute approximate surface area is 95.0 Å². The zero-order valence-corrected chi connectivity index (χ0v) is 9.94. The average Bonchev–Trinajstić information content (AvgIpc) is 2.13. The molecule has 0 amide bonds. The molecule has 0 saturated heterocycles. The van der Waals surface area contributed by atoms with Crippen molar-refractivity contribution >= 4 is 15.9 Å². The van der Waals surface area contributed by atoms with Crippen LogP contribution in [0, 0.1) is 11.6 Å². The minimum atomic E-state index is -0.976. The van der Waals surface area contributed by atoms with E-state index in [9.17, 15) is 13.9 Å². The zero-order chi connectivity index (χ0) is 11.6. The molecule has 0 saturated carbocycles. The van der Waals surface area contributed by atoms with Crippen molar-refractivity contribution in [2.45, 2.75) is 19.4 Å². The van der Waals surface area contributed by atoms with Gasteiger partial charge in [0, 0.05) is 12.0 Å². The van der Waals surface area contributed by atoms with Crippen LogP contribution in [0.3, 0.4) is 0 Å². The molecular weight excluding hydrogens is 270 g/mol. The third-order valence-corrected chi connectivity index (χ3v) is 2.51. The van der Waals surface area contributed by atoms with E-state index in [1.165, 1.54) is 14.0 Å². The second-order valence-corrected chi connectivity index (χ2v) is 4.07. The fourth-order valence-corrected chi connectivity index (χ4v) is 1.93. The van der Waals surface area contributed by atoms with Gasteiger partial charge in [0.1, 0.15) is 5.75 Å². The van der Waals surface area contributed by atoms with E-state index in [-0.39, 0.29) is 17.7 Å². The maximum atomic E-state index is 13.4. The highest BCUT2D eigenvalue weighted by Gasteiger charge is 2.19. The highest BCUT2D eigenvalue weighted by Crippen LogP contribution is 2.33. The van der Waals surface area contributed by atoms with Gasteiger partial charge in [0.25, 0.3) is 0 Å². The van der Waals surface area contributed by atoms with Gasteiger partial charge < -0.3 is 9.84 Å². The van der Waals surface area contributed by atoms with E-state index in [1.54, 1.807) is 0 Å². The lowest BCUT2D eigenvalue weighted by Gasteiger charge is -2.13. The predicted octanol–water partition coefficient (Wildman–Crippen LogP) is 2.66. The number of rotatable bonds is 3. The normalized spacial score (nSPS) is 12.7. The monoisotopic (exact) mass is 280 g/mol. The molecule has 0 radical (unpaired) electrons. The summed E-state index contributed by atoms with van der Waals surface area (Å²) in [4.78, 5) is 0. The van der Waals surface area contributed by atoms with Gasteiger partial charge >= 0.3 is 0 Å². The molecule has 1 aromatic carbocycles. The first-order valence-electron chi connectivity index (χ1n) is 4.35. The Morgan fingerprint density at radius 2 is 2.13 bits per heavy atom. The Bertz CT molecular complexity index is 367. The van der Waals surface area contributed by atoms with E-state index >= 15 is 0 Å². The van der Waals surface area contributed by atoms with Crippen LogP contribution in [0.25, 0.3) is 0 Å². The summed E-state index contributed by atoms with van der Waals surface area (Å²) in [7, 11) is 1.36. The lowest BCUT2D eigenvalue weighted by Crippen LogP contribution is -2.09. The van der Waals surface area contributed by atoms with Crippen molar-refractivity contribution < 1.29 is 18.6 Å². The average molecular weight is 281 g/mol. The zero-order valence-electron chi connectivity index (χ0n) is 8.35. The first kappa shape index (κ1) is 12.4. The molecule has 1 N–H and O–H groups in total. The number of aliphatic hydroxyl groups is 1. The van der Waals surface area contributed by atoms with Crippen molar-refractivity contribution in [1.82, 2.24) is 0 Å². The van der Waals surface area contributed by atoms with E-state index in [1.807, 2.05) is 0 Å². The molecule has 0 bridgehead atoms. The van der Waals surface area contributed by atoms with Gasteiger partial charge in [0.15, 0.2) is 11.6 Å². The first-order chi connectivity index (χ1) is 6.97. The number of halogens is 3. The van der Waals surface area contributed by atoms with E-state index in [4.69, 9.17) is 4.74 Å². The minimum Gasteiger partial charge on any atom is -0.495 e. The van der Waals surface area contributed by atoms with Crippen LogP contribution in [-0.2, 0) is 6.42 Å². The quantitative estimate of drug-likeness (QED) is 0.863. The molecule has 5 heteroatoms. The van der Waals surface area contributed by atoms with Crippen molar-refractivity contribution in [2.75, 3.05) is 7.11 Å². The Kier molecular flexibility index (Phi) is 4.04. The van der Waals surface area contributed by atoms with E-state index < -0.39 is 17.7 Å². The molecule has 1 rings (SSSR count). The van der Waals surface area contributed by atoms with Gasteiger partial charge in [0.05, 0.1) is 17.7 Å². The van der Waals surface area contributed by atoms with E-state index in [2.05, 4.69) is 15.9 Å². The lowest BCUT2D eigenvalue weighted by molar-refractivity contribution is 0.192. The highest BCUT2D eigenvalue weighted by molar-refractivity contribution is 9.10. The Balaban J connectivity index is 3.30. The summed E-state index contributed by atoms with van der Waals surface area (Å²) < 4.78 is 31.7. The molecule has 0 heterocycles. The van der Waals surface area contributed by atoms with Crippen molar-refractivity contribution in [2.24, 2.45) is 0 Å². The maximum Gasteiger partial charge on any atom is 0.165 e. The highest BCUT2D eigenvalue weighted by atomic mass is 79.9. The molecule has 0 aliphatic rings. The molecule has 2 nitrogen and oxygen atoms in total. The van der Waals surface area contributed by atoms with Crippen LogP contribution in [0.5, 0.6) is 5.75 Å². The lowest BCUT2D eigenvalue weighted by atomic mass is 10.1. The van der Waals surface area contributed by atoms with Crippen LogP contribution in [0.4, 0.5) is 8.78 Å². The smallest absolute Gasteiger partial charge is 0.165 e. The minimum absolute atomic E-state index is 0.00532. The Morgan fingerprint density at radius 1 is 1.53 bits per heavy atom.